The summed E-state index contributed by atoms with van der Waals surface area (Å²) < 4.78 is 0. The molecule has 0 radical (unpaired) electrons. The maximum atomic E-state index is 5.88. The van der Waals surface area contributed by atoms with E-state index in [4.69, 9.17) is 4.84 Å². The second-order valence-electron chi connectivity index (χ2n) is 5.16. The minimum absolute atomic E-state index is 0.778. The number of hydrogen-bond acceptors (Lipinski definition) is 2. The van der Waals surface area contributed by atoms with Gasteiger partial charge in [-0.25, -0.2) is 5.06 Å². The van der Waals surface area contributed by atoms with Crippen molar-refractivity contribution in [3.63, 3.8) is 0 Å². The molecule has 2 heteroatoms. The minimum atomic E-state index is 0.778. The van der Waals surface area contributed by atoms with Crippen molar-refractivity contribution in [1.29, 1.82) is 0 Å². The number of benzene rings is 3. The molecule has 0 saturated carbocycles. The summed E-state index contributed by atoms with van der Waals surface area (Å²) in [6.45, 7) is 0.778. The molecule has 2 nitrogen and oxygen atoms in total. The third-order valence-corrected chi connectivity index (χ3v) is 3.76. The second kappa shape index (κ2) is 4.98. The van der Waals surface area contributed by atoms with Crippen molar-refractivity contribution in [2.75, 3.05) is 0 Å². The number of rotatable bonds is 2. The topological polar surface area (TPSA) is 12.5 Å². The molecule has 0 fully saturated rings. The van der Waals surface area contributed by atoms with Crippen LogP contribution in [-0.2, 0) is 6.54 Å². The Labute approximate surface area is 123 Å². The monoisotopic (exact) mass is 273 g/mol. The van der Waals surface area contributed by atoms with Crippen LogP contribution in [0.4, 0.5) is 0 Å². The molecular formula is C19H15NO. The Kier molecular flexibility index (Phi) is 2.86. The summed E-state index contributed by atoms with van der Waals surface area (Å²) in [5, 5.41) is 4.41. The van der Waals surface area contributed by atoms with Crippen LogP contribution in [0.25, 0.3) is 16.8 Å². The van der Waals surface area contributed by atoms with Crippen molar-refractivity contribution < 1.29 is 4.84 Å². The largest absolute Gasteiger partial charge is 0.379 e. The molecule has 0 amide bonds. The minimum Gasteiger partial charge on any atom is -0.379 e. The molecule has 0 atom stereocenters. The average molecular weight is 273 g/mol. The van der Waals surface area contributed by atoms with E-state index in [1.165, 1.54) is 21.9 Å². The summed E-state index contributed by atoms with van der Waals surface area (Å²) in [5.74, 6) is 0.950. The summed E-state index contributed by atoms with van der Waals surface area (Å²) in [7, 11) is 0. The lowest BCUT2D eigenvalue weighted by Gasteiger charge is -2.10. The summed E-state index contributed by atoms with van der Waals surface area (Å²) in [5.41, 5.74) is 2.42. The van der Waals surface area contributed by atoms with Crippen LogP contribution in [0.3, 0.4) is 0 Å². The molecule has 0 unspecified atom stereocenters. The van der Waals surface area contributed by atoms with Gasteiger partial charge in [0.05, 0.1) is 6.54 Å². The van der Waals surface area contributed by atoms with Crippen molar-refractivity contribution in [2.45, 2.75) is 6.54 Å². The van der Waals surface area contributed by atoms with Crippen molar-refractivity contribution in [1.82, 2.24) is 5.06 Å². The lowest BCUT2D eigenvalue weighted by molar-refractivity contribution is 0.0129. The maximum absolute atomic E-state index is 5.88. The van der Waals surface area contributed by atoms with E-state index in [1.54, 1.807) is 0 Å². The van der Waals surface area contributed by atoms with E-state index in [1.807, 2.05) is 35.5 Å². The fourth-order valence-corrected chi connectivity index (χ4v) is 2.70. The Bertz CT molecular complexity index is 808. The zero-order chi connectivity index (χ0) is 14.1. The van der Waals surface area contributed by atoms with Gasteiger partial charge in [0.15, 0.2) is 5.75 Å². The molecule has 0 aromatic heterocycles. The molecule has 0 bridgehead atoms. The number of hydrogen-bond donors (Lipinski definition) is 0. The SMILES string of the molecule is C(=CN1Cc2c(ccc3ccccc23)O1)c1ccccc1. The summed E-state index contributed by atoms with van der Waals surface area (Å²) in [6.07, 6.45) is 4.05. The van der Waals surface area contributed by atoms with Crippen LogP contribution < -0.4 is 4.84 Å². The van der Waals surface area contributed by atoms with Crippen LogP contribution in [-0.4, -0.2) is 5.06 Å². The van der Waals surface area contributed by atoms with Crippen LogP contribution in [0.5, 0.6) is 5.75 Å². The summed E-state index contributed by atoms with van der Waals surface area (Å²) in [4.78, 5) is 5.88. The highest BCUT2D eigenvalue weighted by Crippen LogP contribution is 2.34. The highest BCUT2D eigenvalue weighted by atomic mass is 16.7. The smallest absolute Gasteiger partial charge is 0.161 e. The van der Waals surface area contributed by atoms with Crippen LogP contribution in [0.15, 0.2) is 72.9 Å². The predicted octanol–water partition coefficient (Wildman–Crippen LogP) is 4.62. The molecular weight excluding hydrogens is 258 g/mol. The van der Waals surface area contributed by atoms with Crippen molar-refractivity contribution in [3.8, 4) is 5.75 Å². The summed E-state index contributed by atoms with van der Waals surface area (Å²) >= 11 is 0. The third-order valence-electron chi connectivity index (χ3n) is 3.76. The highest BCUT2D eigenvalue weighted by Gasteiger charge is 2.20. The fraction of sp³-hybridized carbons (Fsp3) is 0.0526. The van der Waals surface area contributed by atoms with Gasteiger partial charge in [-0.2, -0.15) is 0 Å². The molecule has 1 aliphatic heterocycles. The van der Waals surface area contributed by atoms with Gasteiger partial charge < -0.3 is 4.84 Å². The van der Waals surface area contributed by atoms with Gasteiger partial charge in [-0.05, 0) is 28.5 Å². The molecule has 102 valence electrons. The molecule has 0 N–H and O–H groups in total. The first-order valence-corrected chi connectivity index (χ1v) is 7.09. The van der Waals surface area contributed by atoms with Gasteiger partial charge >= 0.3 is 0 Å². The van der Waals surface area contributed by atoms with Crippen LogP contribution in [0, 0.1) is 0 Å². The lowest BCUT2D eigenvalue weighted by atomic mass is 10.0. The van der Waals surface area contributed by atoms with Gasteiger partial charge in [-0.15, -0.1) is 0 Å². The fourth-order valence-electron chi connectivity index (χ4n) is 2.70. The van der Waals surface area contributed by atoms with E-state index in [2.05, 4.69) is 48.5 Å². The lowest BCUT2D eigenvalue weighted by Crippen LogP contribution is -2.12. The molecule has 0 aliphatic carbocycles. The standard InChI is InChI=1S/C19H15NO/c1-2-6-15(7-3-1)12-13-20-14-18-17-9-5-4-8-16(17)10-11-19(18)21-20/h1-13H,14H2. The van der Waals surface area contributed by atoms with Gasteiger partial charge in [0, 0.05) is 11.8 Å². The van der Waals surface area contributed by atoms with Gasteiger partial charge in [0.25, 0.3) is 0 Å². The van der Waals surface area contributed by atoms with E-state index >= 15 is 0 Å². The predicted molar refractivity (Wildman–Crippen MR) is 85.6 cm³/mol. The third kappa shape index (κ3) is 2.25. The molecule has 3 aromatic rings. The first kappa shape index (κ1) is 12.0. The quantitative estimate of drug-likeness (QED) is 0.675. The average Bonchev–Trinajstić information content (AvgIpc) is 2.97. The van der Waals surface area contributed by atoms with Crippen LogP contribution in [0.1, 0.15) is 11.1 Å². The van der Waals surface area contributed by atoms with E-state index in [9.17, 15) is 0 Å². The molecule has 4 rings (SSSR count). The van der Waals surface area contributed by atoms with Crippen molar-refractivity contribution in [2.24, 2.45) is 0 Å². The van der Waals surface area contributed by atoms with Crippen LogP contribution in [0.2, 0.25) is 0 Å². The van der Waals surface area contributed by atoms with E-state index in [0.717, 1.165) is 12.3 Å². The van der Waals surface area contributed by atoms with Gasteiger partial charge in [-0.1, -0.05) is 60.7 Å². The number of nitrogens with zero attached hydrogens (tertiary/aromatic N) is 1. The second-order valence-corrected chi connectivity index (χ2v) is 5.16. The molecule has 1 aliphatic rings. The first-order chi connectivity index (χ1) is 10.4. The molecule has 0 saturated heterocycles. The highest BCUT2D eigenvalue weighted by molar-refractivity contribution is 5.88. The number of hydroxylamine groups is 2. The zero-order valence-electron chi connectivity index (χ0n) is 11.6. The Hall–Kier alpha value is -2.74. The van der Waals surface area contributed by atoms with Crippen LogP contribution >= 0.6 is 0 Å². The molecule has 1 heterocycles. The number of fused-ring (bicyclic) bond motifs is 3. The van der Waals surface area contributed by atoms with E-state index in [-0.39, 0.29) is 0 Å². The normalized spacial score (nSPS) is 13.6. The molecule has 0 spiro atoms. The zero-order valence-corrected chi connectivity index (χ0v) is 11.6. The van der Waals surface area contributed by atoms with Crippen molar-refractivity contribution in [3.05, 3.63) is 84.1 Å². The van der Waals surface area contributed by atoms with E-state index < -0.39 is 0 Å². The Morgan fingerprint density at radius 3 is 2.57 bits per heavy atom. The van der Waals surface area contributed by atoms with Gasteiger partial charge in [0.2, 0.25) is 0 Å². The Morgan fingerprint density at radius 1 is 0.857 bits per heavy atom. The Morgan fingerprint density at radius 2 is 1.67 bits per heavy atom. The van der Waals surface area contributed by atoms with Crippen molar-refractivity contribution >= 4 is 16.8 Å². The van der Waals surface area contributed by atoms with E-state index in [0.29, 0.717) is 0 Å². The molecule has 3 aromatic carbocycles. The Balaban J connectivity index is 1.62. The molecule has 21 heavy (non-hydrogen) atoms. The maximum Gasteiger partial charge on any atom is 0.161 e. The van der Waals surface area contributed by atoms with Gasteiger partial charge in [0.1, 0.15) is 0 Å². The van der Waals surface area contributed by atoms with Gasteiger partial charge in [-0.3, -0.25) is 0 Å². The first-order valence-electron chi connectivity index (χ1n) is 7.09. The summed E-state index contributed by atoms with van der Waals surface area (Å²) in [6, 6.07) is 22.8.